The predicted molar refractivity (Wildman–Crippen MR) is 77.5 cm³/mol. The smallest absolute Gasteiger partial charge is 0.349 e. The van der Waals surface area contributed by atoms with E-state index in [0.29, 0.717) is 12.4 Å². The summed E-state index contributed by atoms with van der Waals surface area (Å²) in [6.07, 6.45) is 3.55. The van der Waals surface area contributed by atoms with E-state index in [4.69, 9.17) is 4.74 Å². The van der Waals surface area contributed by atoms with Gasteiger partial charge in [-0.05, 0) is 11.5 Å². The van der Waals surface area contributed by atoms with E-state index in [1.54, 1.807) is 10.9 Å². The van der Waals surface area contributed by atoms with Crippen molar-refractivity contribution in [3.8, 4) is 5.75 Å². The Morgan fingerprint density at radius 3 is 2.70 bits per heavy atom. The zero-order valence-corrected chi connectivity index (χ0v) is 12.8. The molecule has 0 aromatic carbocycles. The fraction of sp³-hybridized carbons (Fsp3) is 0.429. The van der Waals surface area contributed by atoms with Gasteiger partial charge in [0.25, 0.3) is 0 Å². The first kappa shape index (κ1) is 14.6. The number of carbonyl (C=O) groups is 1. The Kier molecular flexibility index (Phi) is 3.85. The van der Waals surface area contributed by atoms with Crippen molar-refractivity contribution in [1.82, 2.24) is 9.78 Å². The minimum Gasteiger partial charge on any atom is -0.487 e. The largest absolute Gasteiger partial charge is 0.487 e. The standard InChI is InChI=1S/C14H18N2O3S/c1-14(2,3)11-5-10(12(20-11)13(17)18)19-8-9-6-15-16(4)7-9/h5-7H,8H2,1-4H3,(H,17,18). The molecule has 1 N–H and O–H groups in total. The highest BCUT2D eigenvalue weighted by Gasteiger charge is 2.23. The number of hydrogen-bond acceptors (Lipinski definition) is 4. The van der Waals surface area contributed by atoms with Crippen LogP contribution in [0.4, 0.5) is 0 Å². The molecule has 2 aromatic rings. The molecular weight excluding hydrogens is 276 g/mol. The molecule has 2 rings (SSSR count). The number of thiophene rings is 1. The second kappa shape index (κ2) is 5.28. The Morgan fingerprint density at radius 2 is 2.20 bits per heavy atom. The number of aromatic nitrogens is 2. The summed E-state index contributed by atoms with van der Waals surface area (Å²) in [5, 5.41) is 13.3. The van der Waals surface area contributed by atoms with Crippen LogP contribution in [0.2, 0.25) is 0 Å². The summed E-state index contributed by atoms with van der Waals surface area (Å²) in [4.78, 5) is 12.5. The van der Waals surface area contributed by atoms with Crippen molar-refractivity contribution in [1.29, 1.82) is 0 Å². The Morgan fingerprint density at radius 1 is 1.50 bits per heavy atom. The molecule has 0 aliphatic carbocycles. The van der Waals surface area contributed by atoms with Gasteiger partial charge in [-0.3, -0.25) is 4.68 Å². The molecule has 0 saturated carbocycles. The number of carboxylic acid groups (broad SMARTS) is 1. The minimum atomic E-state index is -0.952. The summed E-state index contributed by atoms with van der Waals surface area (Å²) in [5.41, 5.74) is 0.817. The van der Waals surface area contributed by atoms with Crippen LogP contribution in [0.5, 0.6) is 5.75 Å². The molecule has 0 unspecified atom stereocenters. The third-order valence-corrected chi connectivity index (χ3v) is 4.31. The van der Waals surface area contributed by atoms with Crippen LogP contribution in [-0.2, 0) is 19.1 Å². The molecule has 0 aliphatic heterocycles. The van der Waals surface area contributed by atoms with Crippen molar-refractivity contribution in [2.24, 2.45) is 7.05 Å². The number of aryl methyl sites for hydroxylation is 1. The molecule has 0 fully saturated rings. The van der Waals surface area contributed by atoms with E-state index in [1.165, 1.54) is 11.3 Å². The highest BCUT2D eigenvalue weighted by molar-refractivity contribution is 7.14. The molecule has 6 heteroatoms. The van der Waals surface area contributed by atoms with E-state index in [2.05, 4.69) is 25.9 Å². The number of rotatable bonds is 4. The third-order valence-electron chi connectivity index (χ3n) is 2.78. The molecule has 0 atom stereocenters. The topological polar surface area (TPSA) is 64.3 Å². The molecule has 108 valence electrons. The molecule has 2 heterocycles. The van der Waals surface area contributed by atoms with Gasteiger partial charge in [0.05, 0.1) is 6.20 Å². The molecule has 0 radical (unpaired) electrons. The van der Waals surface area contributed by atoms with E-state index in [-0.39, 0.29) is 10.3 Å². The zero-order valence-electron chi connectivity index (χ0n) is 12.0. The lowest BCUT2D eigenvalue weighted by molar-refractivity contribution is 0.0697. The monoisotopic (exact) mass is 294 g/mol. The Balaban J connectivity index is 2.21. The average molecular weight is 294 g/mol. The average Bonchev–Trinajstić information content (AvgIpc) is 2.91. The van der Waals surface area contributed by atoms with Gasteiger partial charge >= 0.3 is 5.97 Å². The third kappa shape index (κ3) is 3.19. The summed E-state index contributed by atoms with van der Waals surface area (Å²) in [5.74, 6) is -0.525. The van der Waals surface area contributed by atoms with Gasteiger partial charge in [0.1, 0.15) is 12.4 Å². The summed E-state index contributed by atoms with van der Waals surface area (Å²) < 4.78 is 7.34. The van der Waals surface area contributed by atoms with E-state index in [9.17, 15) is 9.90 Å². The first-order valence-corrected chi connectivity index (χ1v) is 7.07. The molecule has 0 saturated heterocycles. The fourth-order valence-corrected chi connectivity index (χ4v) is 2.71. The highest BCUT2D eigenvalue weighted by atomic mass is 32.1. The van der Waals surface area contributed by atoms with E-state index in [0.717, 1.165) is 10.4 Å². The maximum absolute atomic E-state index is 11.3. The fourth-order valence-electron chi connectivity index (χ4n) is 1.71. The number of ether oxygens (including phenoxy) is 1. The zero-order chi connectivity index (χ0) is 14.9. The number of aromatic carboxylic acids is 1. The van der Waals surface area contributed by atoms with Crippen LogP contribution in [0.25, 0.3) is 0 Å². The quantitative estimate of drug-likeness (QED) is 0.941. The van der Waals surface area contributed by atoms with Crippen LogP contribution < -0.4 is 4.74 Å². The second-order valence-corrected chi connectivity index (χ2v) is 6.72. The molecule has 0 spiro atoms. The van der Waals surface area contributed by atoms with E-state index in [1.807, 2.05) is 19.3 Å². The summed E-state index contributed by atoms with van der Waals surface area (Å²) in [6, 6.07) is 1.82. The van der Waals surface area contributed by atoms with Crippen LogP contribution in [0.1, 0.15) is 40.9 Å². The lowest BCUT2D eigenvalue weighted by atomic mass is 9.95. The molecule has 0 aliphatic rings. The molecular formula is C14H18N2O3S. The summed E-state index contributed by atoms with van der Waals surface area (Å²) in [7, 11) is 1.83. The maximum atomic E-state index is 11.3. The van der Waals surface area contributed by atoms with Crippen molar-refractivity contribution in [2.75, 3.05) is 0 Å². The number of nitrogens with zero attached hydrogens (tertiary/aromatic N) is 2. The van der Waals surface area contributed by atoms with Crippen LogP contribution >= 0.6 is 11.3 Å². The van der Waals surface area contributed by atoms with E-state index >= 15 is 0 Å². The normalized spacial score (nSPS) is 11.6. The SMILES string of the molecule is Cn1cc(COc2cc(C(C)(C)C)sc2C(=O)O)cn1. The summed E-state index contributed by atoms with van der Waals surface area (Å²) >= 11 is 1.27. The maximum Gasteiger partial charge on any atom is 0.349 e. The predicted octanol–water partition coefficient (Wildman–Crippen LogP) is 3.06. The van der Waals surface area contributed by atoms with Gasteiger partial charge in [-0.1, -0.05) is 20.8 Å². The molecule has 0 bridgehead atoms. The van der Waals surface area contributed by atoms with Crippen molar-refractivity contribution >= 4 is 17.3 Å². The van der Waals surface area contributed by atoms with Gasteiger partial charge in [-0.25, -0.2) is 4.79 Å². The van der Waals surface area contributed by atoms with Crippen molar-refractivity contribution < 1.29 is 14.6 Å². The minimum absolute atomic E-state index is 0.0925. The number of hydrogen-bond donors (Lipinski definition) is 1. The van der Waals surface area contributed by atoms with Crippen LogP contribution in [0.15, 0.2) is 18.5 Å². The Hall–Kier alpha value is -1.82. The molecule has 2 aromatic heterocycles. The summed E-state index contributed by atoms with van der Waals surface area (Å²) in [6.45, 7) is 6.47. The van der Waals surface area contributed by atoms with Gasteiger partial charge < -0.3 is 9.84 Å². The van der Waals surface area contributed by atoms with Crippen LogP contribution in [-0.4, -0.2) is 20.9 Å². The van der Waals surface area contributed by atoms with Crippen molar-refractivity contribution in [3.63, 3.8) is 0 Å². The lowest BCUT2D eigenvalue weighted by Crippen LogP contribution is -2.08. The molecule has 20 heavy (non-hydrogen) atoms. The van der Waals surface area contributed by atoms with Gasteiger partial charge in [0.15, 0.2) is 4.88 Å². The van der Waals surface area contributed by atoms with Crippen molar-refractivity contribution in [2.45, 2.75) is 32.8 Å². The highest BCUT2D eigenvalue weighted by Crippen LogP contribution is 2.37. The van der Waals surface area contributed by atoms with Gasteiger partial charge in [0.2, 0.25) is 0 Å². The molecule has 5 nitrogen and oxygen atoms in total. The second-order valence-electron chi connectivity index (χ2n) is 5.67. The lowest BCUT2D eigenvalue weighted by Gasteiger charge is -2.14. The molecule has 0 amide bonds. The Labute approximate surface area is 121 Å². The van der Waals surface area contributed by atoms with Crippen LogP contribution in [0.3, 0.4) is 0 Å². The number of carboxylic acids is 1. The van der Waals surface area contributed by atoms with Crippen LogP contribution in [0, 0.1) is 0 Å². The Bertz CT molecular complexity index is 623. The van der Waals surface area contributed by atoms with Crippen molar-refractivity contribution in [3.05, 3.63) is 33.8 Å². The first-order chi connectivity index (χ1) is 9.27. The van der Waals surface area contributed by atoms with Gasteiger partial charge in [-0.2, -0.15) is 5.10 Å². The van der Waals surface area contributed by atoms with Gasteiger partial charge in [-0.15, -0.1) is 11.3 Å². The first-order valence-electron chi connectivity index (χ1n) is 6.25. The van der Waals surface area contributed by atoms with Gasteiger partial charge in [0, 0.05) is 23.7 Å². The van der Waals surface area contributed by atoms with E-state index < -0.39 is 5.97 Å².